The summed E-state index contributed by atoms with van der Waals surface area (Å²) in [6, 6.07) is 13.2. The highest BCUT2D eigenvalue weighted by Gasteiger charge is 2.21. The van der Waals surface area contributed by atoms with Crippen LogP contribution in [-0.4, -0.2) is 36.5 Å². The number of aryl methyl sites for hydroxylation is 1. The van der Waals surface area contributed by atoms with Crippen LogP contribution < -0.4 is 10.0 Å². The van der Waals surface area contributed by atoms with Crippen molar-refractivity contribution < 1.29 is 13.2 Å². The minimum atomic E-state index is -3.79. The van der Waals surface area contributed by atoms with E-state index in [2.05, 4.69) is 20.1 Å². The lowest BCUT2D eigenvalue weighted by Gasteiger charge is -2.10. The van der Waals surface area contributed by atoms with Gasteiger partial charge in [-0.1, -0.05) is 35.9 Å². The SMILES string of the molecule is Cn1cc(C(=O)Nc2cccc(S(=O)(=O)NC3=NCCC3)c2)c(-c2ccccc2Cl)n1. The largest absolute Gasteiger partial charge is 0.322 e. The van der Waals surface area contributed by atoms with Gasteiger partial charge in [-0.3, -0.25) is 19.2 Å². The van der Waals surface area contributed by atoms with Crippen LogP contribution in [-0.2, 0) is 17.1 Å². The highest BCUT2D eigenvalue weighted by molar-refractivity contribution is 7.90. The van der Waals surface area contributed by atoms with Gasteiger partial charge in [0, 0.05) is 37.5 Å². The summed E-state index contributed by atoms with van der Waals surface area (Å²) in [6.45, 7) is 0.618. The monoisotopic (exact) mass is 457 g/mol. The molecule has 1 aliphatic heterocycles. The summed E-state index contributed by atoms with van der Waals surface area (Å²) in [6.07, 6.45) is 3.02. The molecule has 3 aromatic rings. The van der Waals surface area contributed by atoms with Crippen LogP contribution in [0.15, 0.2) is 64.6 Å². The number of hydrogen-bond donors (Lipinski definition) is 2. The Hall–Kier alpha value is -3.17. The summed E-state index contributed by atoms with van der Waals surface area (Å²) in [7, 11) is -2.08. The molecule has 31 heavy (non-hydrogen) atoms. The van der Waals surface area contributed by atoms with Gasteiger partial charge in [-0.05, 0) is 30.7 Å². The van der Waals surface area contributed by atoms with Crippen molar-refractivity contribution in [2.45, 2.75) is 17.7 Å². The first-order valence-corrected chi connectivity index (χ1v) is 11.5. The van der Waals surface area contributed by atoms with Gasteiger partial charge in [-0.2, -0.15) is 5.10 Å². The highest BCUT2D eigenvalue weighted by Crippen LogP contribution is 2.29. The van der Waals surface area contributed by atoms with Gasteiger partial charge in [0.05, 0.1) is 15.5 Å². The summed E-state index contributed by atoms with van der Waals surface area (Å²) >= 11 is 6.28. The Labute approximate surface area is 185 Å². The fraction of sp³-hybridized carbons (Fsp3) is 0.190. The number of hydrogen-bond acceptors (Lipinski definition) is 5. The van der Waals surface area contributed by atoms with Gasteiger partial charge >= 0.3 is 0 Å². The molecule has 10 heteroatoms. The molecule has 1 aliphatic rings. The molecule has 0 aliphatic carbocycles. The first-order chi connectivity index (χ1) is 14.8. The van der Waals surface area contributed by atoms with Crippen molar-refractivity contribution in [3.8, 4) is 11.3 Å². The Bertz CT molecular complexity index is 1280. The molecular formula is C21H20ClN5O3S. The molecule has 0 bridgehead atoms. The number of sulfonamides is 1. The van der Waals surface area contributed by atoms with Crippen molar-refractivity contribution in [1.82, 2.24) is 14.5 Å². The summed E-state index contributed by atoms with van der Waals surface area (Å²) in [5.41, 5.74) is 1.74. The van der Waals surface area contributed by atoms with Crippen LogP contribution >= 0.6 is 11.6 Å². The first-order valence-electron chi connectivity index (χ1n) is 9.59. The molecule has 0 unspecified atom stereocenters. The van der Waals surface area contributed by atoms with Crippen molar-refractivity contribution >= 4 is 39.1 Å². The van der Waals surface area contributed by atoms with Crippen molar-refractivity contribution in [2.24, 2.45) is 12.0 Å². The molecule has 8 nitrogen and oxygen atoms in total. The number of nitrogens with one attached hydrogen (secondary N) is 2. The van der Waals surface area contributed by atoms with E-state index in [1.807, 2.05) is 6.07 Å². The number of rotatable bonds is 5. The number of nitrogens with zero attached hydrogens (tertiary/aromatic N) is 3. The van der Waals surface area contributed by atoms with Crippen LogP contribution in [0.2, 0.25) is 5.02 Å². The molecule has 0 atom stereocenters. The number of amidine groups is 1. The Morgan fingerprint density at radius 3 is 2.71 bits per heavy atom. The van der Waals surface area contributed by atoms with E-state index in [-0.39, 0.29) is 4.90 Å². The molecule has 1 amide bonds. The van der Waals surface area contributed by atoms with Gasteiger partial charge in [0.15, 0.2) is 0 Å². The maximum atomic E-state index is 13.0. The smallest absolute Gasteiger partial charge is 0.262 e. The van der Waals surface area contributed by atoms with E-state index < -0.39 is 15.9 Å². The van der Waals surface area contributed by atoms with Crippen LogP contribution in [0.3, 0.4) is 0 Å². The summed E-state index contributed by atoms with van der Waals surface area (Å²) in [5.74, 6) is 0.0277. The van der Waals surface area contributed by atoms with Crippen LogP contribution in [0.25, 0.3) is 11.3 Å². The fourth-order valence-electron chi connectivity index (χ4n) is 3.28. The van der Waals surface area contributed by atoms with Gasteiger partial charge in [0.25, 0.3) is 15.9 Å². The molecule has 0 saturated heterocycles. The van der Waals surface area contributed by atoms with E-state index in [4.69, 9.17) is 11.6 Å². The maximum absolute atomic E-state index is 13.0. The standard InChI is InChI=1S/C21H20ClN5O3S/c1-27-13-17(20(25-27)16-8-2-3-9-18(16)22)21(28)24-14-6-4-7-15(12-14)31(29,30)26-19-10-5-11-23-19/h2-4,6-9,12-13H,5,10-11H2,1H3,(H,23,26)(H,24,28). The third-order valence-corrected chi connectivity index (χ3v) is 6.44. The molecule has 160 valence electrons. The van der Waals surface area contributed by atoms with E-state index >= 15 is 0 Å². The second-order valence-corrected chi connectivity index (χ2v) is 9.15. The first kappa shape index (κ1) is 21.1. The quantitative estimate of drug-likeness (QED) is 0.611. The lowest BCUT2D eigenvalue weighted by molar-refractivity contribution is 0.102. The molecule has 2 N–H and O–H groups in total. The Morgan fingerprint density at radius 1 is 1.16 bits per heavy atom. The number of halogens is 1. The van der Waals surface area contributed by atoms with Gasteiger partial charge < -0.3 is 5.32 Å². The van der Waals surface area contributed by atoms with E-state index in [0.29, 0.717) is 46.3 Å². The van der Waals surface area contributed by atoms with Gasteiger partial charge in [-0.15, -0.1) is 0 Å². The molecule has 0 spiro atoms. The number of benzene rings is 2. The molecule has 2 heterocycles. The van der Waals surface area contributed by atoms with Crippen molar-refractivity contribution in [3.05, 3.63) is 65.3 Å². The highest BCUT2D eigenvalue weighted by atomic mass is 35.5. The minimum Gasteiger partial charge on any atom is -0.322 e. The Balaban J connectivity index is 1.59. The van der Waals surface area contributed by atoms with Crippen LogP contribution in [0.4, 0.5) is 5.69 Å². The third-order valence-electron chi connectivity index (χ3n) is 4.73. The lowest BCUT2D eigenvalue weighted by Crippen LogP contribution is -2.29. The van der Waals surface area contributed by atoms with E-state index in [0.717, 1.165) is 6.42 Å². The van der Waals surface area contributed by atoms with Gasteiger partial charge in [-0.25, -0.2) is 8.42 Å². The average molecular weight is 458 g/mol. The number of amides is 1. The lowest BCUT2D eigenvalue weighted by atomic mass is 10.1. The predicted molar refractivity (Wildman–Crippen MR) is 120 cm³/mol. The zero-order chi connectivity index (χ0) is 22.0. The van der Waals surface area contributed by atoms with Gasteiger partial charge in [0.2, 0.25) is 0 Å². The Kier molecular flexibility index (Phi) is 5.79. The average Bonchev–Trinajstić information content (AvgIpc) is 3.37. The summed E-state index contributed by atoms with van der Waals surface area (Å²) < 4.78 is 29.3. The van der Waals surface area contributed by atoms with E-state index in [1.165, 1.54) is 16.8 Å². The zero-order valence-corrected chi connectivity index (χ0v) is 18.2. The second kappa shape index (κ2) is 8.52. The molecule has 0 fully saturated rings. The topological polar surface area (TPSA) is 105 Å². The maximum Gasteiger partial charge on any atom is 0.262 e. The van der Waals surface area contributed by atoms with Crippen LogP contribution in [0.1, 0.15) is 23.2 Å². The van der Waals surface area contributed by atoms with E-state index in [1.54, 1.807) is 43.6 Å². The molecule has 1 aromatic heterocycles. The number of carbonyl (C=O) groups is 1. The molecular weight excluding hydrogens is 438 g/mol. The van der Waals surface area contributed by atoms with Crippen LogP contribution in [0, 0.1) is 0 Å². The van der Waals surface area contributed by atoms with Crippen LogP contribution in [0.5, 0.6) is 0 Å². The van der Waals surface area contributed by atoms with Crippen molar-refractivity contribution in [1.29, 1.82) is 0 Å². The third kappa shape index (κ3) is 4.62. The van der Waals surface area contributed by atoms with E-state index in [9.17, 15) is 13.2 Å². The zero-order valence-electron chi connectivity index (χ0n) is 16.7. The number of anilines is 1. The Morgan fingerprint density at radius 2 is 1.97 bits per heavy atom. The minimum absolute atomic E-state index is 0.0393. The second-order valence-electron chi connectivity index (χ2n) is 7.06. The number of aliphatic imine (C=N–C) groups is 1. The fourth-order valence-corrected chi connectivity index (χ4v) is 4.64. The molecule has 4 rings (SSSR count). The molecule has 2 aromatic carbocycles. The number of carbonyl (C=O) groups excluding carboxylic acids is 1. The van der Waals surface area contributed by atoms with Crippen molar-refractivity contribution in [3.63, 3.8) is 0 Å². The normalized spacial score (nSPS) is 13.7. The predicted octanol–water partition coefficient (Wildman–Crippen LogP) is 3.46. The molecule has 0 saturated carbocycles. The number of aromatic nitrogens is 2. The summed E-state index contributed by atoms with van der Waals surface area (Å²) in [4.78, 5) is 17.2. The van der Waals surface area contributed by atoms with Crippen molar-refractivity contribution in [2.75, 3.05) is 11.9 Å². The molecule has 0 radical (unpaired) electrons. The summed E-state index contributed by atoms with van der Waals surface area (Å²) in [5, 5.41) is 7.60. The van der Waals surface area contributed by atoms with Gasteiger partial charge in [0.1, 0.15) is 11.5 Å².